The fraction of sp³-hybridized carbons (Fsp3) is 0.286. The molecular weight excluding hydrogens is 449 g/mol. The number of anilines is 1. The number of alkyl halides is 3. The number of aromatic nitrogens is 2. The van der Waals surface area contributed by atoms with E-state index in [2.05, 4.69) is 10.3 Å². The van der Waals surface area contributed by atoms with Crippen LogP contribution in [0, 0.1) is 13.8 Å². The molecule has 0 bridgehead atoms. The van der Waals surface area contributed by atoms with Crippen molar-refractivity contribution in [2.24, 2.45) is 0 Å². The molecule has 2 heterocycles. The Kier molecular flexibility index (Phi) is 5.17. The lowest BCUT2D eigenvalue weighted by Crippen LogP contribution is -2.64. The van der Waals surface area contributed by atoms with Gasteiger partial charge in [0.2, 0.25) is 5.95 Å². The van der Waals surface area contributed by atoms with Gasteiger partial charge >= 0.3 is 6.18 Å². The minimum atomic E-state index is -5.24. The topological polar surface area (TPSA) is 96.2 Å². The van der Waals surface area contributed by atoms with Gasteiger partial charge in [0.05, 0.1) is 11.0 Å². The molecule has 0 fully saturated rings. The number of carbonyl (C=O) groups is 2. The number of carbonyl (C=O) groups excluding carboxylic acids is 2. The predicted molar refractivity (Wildman–Crippen MR) is 111 cm³/mol. The third-order valence-corrected chi connectivity index (χ3v) is 5.73. The van der Waals surface area contributed by atoms with Crippen LogP contribution in [0.5, 0.6) is 0 Å². The summed E-state index contributed by atoms with van der Waals surface area (Å²) in [7, 11) is 0. The van der Waals surface area contributed by atoms with Crippen molar-refractivity contribution in [2.45, 2.75) is 38.2 Å². The first kappa shape index (κ1) is 22.1. The molecular formula is C21H18ClF3N4O3. The number of halogens is 4. The molecule has 11 heteroatoms. The van der Waals surface area contributed by atoms with E-state index in [1.54, 1.807) is 43.4 Å². The standard InChI is InChI=1S/C21H18ClF3N4O3/c1-10-6-14-15(7-11(10)2)29-19(26-14)27-18(32)20(29,21(23,24)25)28-17(31)16(30)9-12-4-3-5-13(22)8-12/h3-8,16,30H,9H2,1-2H3,(H,28,31)(H,26,27,32)/t16-,20?/m0/s1. The first-order valence-electron chi connectivity index (χ1n) is 9.57. The number of aliphatic hydroxyl groups is 1. The second-order valence-corrected chi connectivity index (χ2v) is 8.13. The Hall–Kier alpha value is -3.11. The summed E-state index contributed by atoms with van der Waals surface area (Å²) < 4.78 is 43.9. The molecule has 3 aromatic rings. The van der Waals surface area contributed by atoms with Crippen LogP contribution < -0.4 is 10.6 Å². The maximum absolute atomic E-state index is 14.4. The van der Waals surface area contributed by atoms with Crippen LogP contribution in [0.1, 0.15) is 16.7 Å². The van der Waals surface area contributed by atoms with Gasteiger partial charge in [-0.25, -0.2) is 4.98 Å². The highest BCUT2D eigenvalue weighted by Gasteiger charge is 2.68. The number of imidazole rings is 1. The van der Waals surface area contributed by atoms with Crippen molar-refractivity contribution in [1.82, 2.24) is 14.9 Å². The number of nitrogens with zero attached hydrogens (tertiary/aromatic N) is 2. The molecule has 1 aromatic heterocycles. The first-order chi connectivity index (χ1) is 14.9. The van der Waals surface area contributed by atoms with E-state index in [1.807, 2.05) is 0 Å². The Bertz CT molecular complexity index is 1260. The highest BCUT2D eigenvalue weighted by Crippen LogP contribution is 2.44. The summed E-state index contributed by atoms with van der Waals surface area (Å²) in [5.74, 6) is -3.23. The number of fused-ring (bicyclic) bond motifs is 3. The Labute approximate surface area is 185 Å². The molecule has 0 saturated carbocycles. The van der Waals surface area contributed by atoms with E-state index in [9.17, 15) is 27.9 Å². The van der Waals surface area contributed by atoms with Gasteiger partial charge < -0.3 is 10.4 Å². The number of nitrogens with one attached hydrogen (secondary N) is 2. The second kappa shape index (κ2) is 7.49. The molecule has 4 rings (SSSR count). The zero-order chi connectivity index (χ0) is 23.4. The Morgan fingerprint density at radius 3 is 2.62 bits per heavy atom. The molecule has 2 atom stereocenters. The number of benzene rings is 2. The van der Waals surface area contributed by atoms with Gasteiger partial charge in [0.15, 0.2) is 0 Å². The first-order valence-corrected chi connectivity index (χ1v) is 9.94. The number of aryl methyl sites for hydroxylation is 2. The van der Waals surface area contributed by atoms with Crippen LogP contribution >= 0.6 is 11.6 Å². The minimum absolute atomic E-state index is 0.0170. The van der Waals surface area contributed by atoms with Crippen molar-refractivity contribution in [3.63, 3.8) is 0 Å². The number of aliphatic hydroxyl groups excluding tert-OH is 1. The normalized spacial score (nSPS) is 19.0. The number of rotatable bonds is 4. The summed E-state index contributed by atoms with van der Waals surface area (Å²) >= 11 is 5.88. The van der Waals surface area contributed by atoms with Crippen LogP contribution in [0.25, 0.3) is 11.0 Å². The monoisotopic (exact) mass is 466 g/mol. The van der Waals surface area contributed by atoms with E-state index < -0.39 is 29.8 Å². The highest BCUT2D eigenvalue weighted by atomic mass is 35.5. The zero-order valence-corrected chi connectivity index (χ0v) is 17.7. The van der Waals surface area contributed by atoms with Crippen LogP contribution in [-0.2, 0) is 21.7 Å². The third-order valence-electron chi connectivity index (χ3n) is 5.49. The van der Waals surface area contributed by atoms with Gasteiger partial charge in [-0.05, 0) is 54.8 Å². The van der Waals surface area contributed by atoms with Crippen LogP contribution in [0.2, 0.25) is 5.02 Å². The van der Waals surface area contributed by atoms with Gasteiger partial charge in [-0.2, -0.15) is 13.2 Å². The molecule has 3 N–H and O–H groups in total. The van der Waals surface area contributed by atoms with Crippen molar-refractivity contribution in [3.05, 3.63) is 58.1 Å². The smallest absolute Gasteiger partial charge is 0.383 e. The molecule has 1 aliphatic rings. The van der Waals surface area contributed by atoms with Gasteiger partial charge in [0.25, 0.3) is 17.5 Å². The van der Waals surface area contributed by atoms with Gasteiger partial charge in [-0.3, -0.25) is 19.5 Å². The van der Waals surface area contributed by atoms with Crippen LogP contribution in [-0.4, -0.2) is 38.8 Å². The van der Waals surface area contributed by atoms with Gasteiger partial charge in [0.1, 0.15) is 6.10 Å². The zero-order valence-electron chi connectivity index (χ0n) is 16.9. The summed E-state index contributed by atoms with van der Waals surface area (Å²) in [6.45, 7) is 3.49. The third kappa shape index (κ3) is 3.39. The Morgan fingerprint density at radius 2 is 1.97 bits per heavy atom. The summed E-state index contributed by atoms with van der Waals surface area (Å²) in [4.78, 5) is 29.4. The molecule has 168 valence electrons. The molecule has 0 radical (unpaired) electrons. The number of amides is 2. The summed E-state index contributed by atoms with van der Waals surface area (Å²) in [6.07, 6.45) is -7.39. The van der Waals surface area contributed by atoms with E-state index >= 15 is 0 Å². The molecule has 1 unspecified atom stereocenters. The maximum Gasteiger partial charge on any atom is 0.440 e. The molecule has 32 heavy (non-hydrogen) atoms. The van der Waals surface area contributed by atoms with Crippen LogP contribution in [0.15, 0.2) is 36.4 Å². The number of hydrogen-bond donors (Lipinski definition) is 3. The highest BCUT2D eigenvalue weighted by molar-refractivity contribution is 6.30. The van der Waals surface area contributed by atoms with Crippen molar-refractivity contribution in [2.75, 3.05) is 5.32 Å². The SMILES string of the molecule is Cc1cc2nc3n(c2cc1C)C(NC(=O)[C@@H](O)Cc1cccc(Cl)c1)(C(F)(F)F)C(=O)N3. The van der Waals surface area contributed by atoms with Crippen molar-refractivity contribution >= 4 is 40.4 Å². The Balaban J connectivity index is 1.77. The van der Waals surface area contributed by atoms with Gasteiger partial charge in [-0.15, -0.1) is 0 Å². The second-order valence-electron chi connectivity index (χ2n) is 7.70. The minimum Gasteiger partial charge on any atom is -0.383 e. The van der Waals surface area contributed by atoms with E-state index in [0.717, 1.165) is 5.56 Å². The fourth-order valence-corrected chi connectivity index (χ4v) is 3.94. The lowest BCUT2D eigenvalue weighted by atomic mass is 10.0. The van der Waals surface area contributed by atoms with Crippen molar-refractivity contribution in [1.29, 1.82) is 0 Å². The lowest BCUT2D eigenvalue weighted by molar-refractivity contribution is -0.218. The largest absolute Gasteiger partial charge is 0.440 e. The Morgan fingerprint density at radius 1 is 1.28 bits per heavy atom. The summed E-state index contributed by atoms with van der Waals surface area (Å²) in [5, 5.41) is 14.5. The molecule has 7 nitrogen and oxygen atoms in total. The lowest BCUT2D eigenvalue weighted by Gasteiger charge is -2.32. The number of hydrogen-bond acceptors (Lipinski definition) is 4. The molecule has 0 aliphatic carbocycles. The molecule has 0 saturated heterocycles. The van der Waals surface area contributed by atoms with Crippen molar-refractivity contribution < 1.29 is 27.9 Å². The van der Waals surface area contributed by atoms with Crippen molar-refractivity contribution in [3.8, 4) is 0 Å². The molecule has 0 spiro atoms. The van der Waals surface area contributed by atoms with E-state index in [1.165, 1.54) is 12.1 Å². The van der Waals surface area contributed by atoms with Crippen LogP contribution in [0.3, 0.4) is 0 Å². The van der Waals surface area contributed by atoms with Crippen LogP contribution in [0.4, 0.5) is 19.1 Å². The fourth-order valence-electron chi connectivity index (χ4n) is 3.73. The maximum atomic E-state index is 14.4. The molecule has 2 amide bonds. The average molecular weight is 467 g/mol. The average Bonchev–Trinajstić information content (AvgIpc) is 3.15. The van der Waals surface area contributed by atoms with Gasteiger partial charge in [-0.1, -0.05) is 23.7 Å². The van der Waals surface area contributed by atoms with E-state index in [0.29, 0.717) is 20.7 Å². The molecule has 2 aromatic carbocycles. The van der Waals surface area contributed by atoms with E-state index in [-0.39, 0.29) is 23.4 Å². The predicted octanol–water partition coefficient (Wildman–Crippen LogP) is 3.19. The summed E-state index contributed by atoms with van der Waals surface area (Å²) in [6, 6.07) is 9.27. The van der Waals surface area contributed by atoms with E-state index in [4.69, 9.17) is 11.6 Å². The summed E-state index contributed by atoms with van der Waals surface area (Å²) in [5.41, 5.74) is -1.29. The molecule has 1 aliphatic heterocycles. The van der Waals surface area contributed by atoms with Gasteiger partial charge in [0, 0.05) is 11.4 Å². The quantitative estimate of drug-likeness (QED) is 0.550.